The lowest BCUT2D eigenvalue weighted by atomic mass is 10.1. The molecule has 7 heteroatoms. The summed E-state index contributed by atoms with van der Waals surface area (Å²) in [5.41, 5.74) is 3.82. The van der Waals surface area contributed by atoms with E-state index in [0.29, 0.717) is 10.6 Å². The Morgan fingerprint density at radius 3 is 2.69 bits per heavy atom. The van der Waals surface area contributed by atoms with E-state index in [1.165, 1.54) is 12.0 Å². The number of nitrogens with one attached hydrogen (secondary N) is 1. The molecule has 1 aromatic heterocycles. The van der Waals surface area contributed by atoms with Gasteiger partial charge in [-0.05, 0) is 67.5 Å². The number of anilines is 1. The van der Waals surface area contributed by atoms with Crippen molar-refractivity contribution < 1.29 is 8.42 Å². The third kappa shape index (κ3) is 3.55. The fraction of sp³-hybridized carbons (Fsp3) is 0.364. The Balaban J connectivity index is 1.44. The minimum absolute atomic E-state index is 0.319. The molecule has 2 heterocycles. The van der Waals surface area contributed by atoms with E-state index in [-0.39, 0.29) is 0 Å². The molecule has 1 aliphatic heterocycles. The second-order valence-electron chi connectivity index (χ2n) is 7.87. The SMILES string of the molecule is O=S(=O)(Nc1cccc(-c2nnc3n2CCCCC3)c1)c1ccc2c(c1)CCC2. The zero-order valence-corrected chi connectivity index (χ0v) is 17.1. The maximum atomic E-state index is 12.9. The summed E-state index contributed by atoms with van der Waals surface area (Å²) < 4.78 is 30.8. The van der Waals surface area contributed by atoms with E-state index in [2.05, 4.69) is 19.5 Å². The maximum Gasteiger partial charge on any atom is 0.261 e. The average Bonchev–Trinajstić information content (AvgIpc) is 3.28. The van der Waals surface area contributed by atoms with Crippen molar-refractivity contribution >= 4 is 15.7 Å². The van der Waals surface area contributed by atoms with E-state index in [0.717, 1.165) is 67.8 Å². The van der Waals surface area contributed by atoms with Gasteiger partial charge in [-0.1, -0.05) is 24.6 Å². The van der Waals surface area contributed by atoms with Gasteiger partial charge in [-0.3, -0.25) is 4.72 Å². The summed E-state index contributed by atoms with van der Waals surface area (Å²) in [6.07, 6.45) is 7.47. The number of aromatic nitrogens is 3. The van der Waals surface area contributed by atoms with Gasteiger partial charge in [0.05, 0.1) is 4.90 Å². The normalized spacial score (nSPS) is 16.1. The second-order valence-corrected chi connectivity index (χ2v) is 9.55. The number of fused-ring (bicyclic) bond motifs is 2. The molecule has 6 nitrogen and oxygen atoms in total. The van der Waals surface area contributed by atoms with Crippen LogP contribution in [0, 0.1) is 0 Å². The average molecular weight is 409 g/mol. The van der Waals surface area contributed by atoms with Gasteiger partial charge in [0.2, 0.25) is 0 Å². The van der Waals surface area contributed by atoms with Crippen LogP contribution in [-0.4, -0.2) is 23.2 Å². The highest BCUT2D eigenvalue weighted by atomic mass is 32.2. The third-order valence-electron chi connectivity index (χ3n) is 5.86. The molecular formula is C22H24N4O2S. The molecule has 0 fully saturated rings. The molecule has 0 unspecified atom stereocenters. The molecule has 0 bridgehead atoms. The highest BCUT2D eigenvalue weighted by Crippen LogP contribution is 2.28. The van der Waals surface area contributed by atoms with E-state index < -0.39 is 10.0 Å². The minimum Gasteiger partial charge on any atom is -0.311 e. The monoisotopic (exact) mass is 408 g/mol. The number of nitrogens with zero attached hydrogens (tertiary/aromatic N) is 3. The molecule has 29 heavy (non-hydrogen) atoms. The number of hydrogen-bond acceptors (Lipinski definition) is 4. The van der Waals surface area contributed by atoms with Crippen LogP contribution in [0.2, 0.25) is 0 Å². The first-order valence-electron chi connectivity index (χ1n) is 10.3. The minimum atomic E-state index is -3.64. The largest absolute Gasteiger partial charge is 0.311 e. The molecule has 1 N–H and O–H groups in total. The predicted molar refractivity (Wildman–Crippen MR) is 112 cm³/mol. The first-order valence-corrected chi connectivity index (χ1v) is 11.8. The Morgan fingerprint density at radius 2 is 1.76 bits per heavy atom. The van der Waals surface area contributed by atoms with E-state index >= 15 is 0 Å². The summed E-state index contributed by atoms with van der Waals surface area (Å²) >= 11 is 0. The van der Waals surface area contributed by atoms with Crippen molar-refractivity contribution in [2.45, 2.75) is 56.4 Å². The fourth-order valence-corrected chi connectivity index (χ4v) is 5.45. The van der Waals surface area contributed by atoms with Crippen molar-refractivity contribution in [3.05, 3.63) is 59.4 Å². The zero-order chi connectivity index (χ0) is 19.8. The number of rotatable bonds is 4. The molecule has 5 rings (SSSR count). The summed E-state index contributed by atoms with van der Waals surface area (Å²) in [7, 11) is -3.64. The van der Waals surface area contributed by atoms with E-state index in [4.69, 9.17) is 0 Å². The van der Waals surface area contributed by atoms with Gasteiger partial charge in [-0.2, -0.15) is 0 Å². The Labute approximate surface area is 171 Å². The molecule has 2 aromatic carbocycles. The van der Waals surface area contributed by atoms with E-state index in [1.807, 2.05) is 30.3 Å². The summed E-state index contributed by atoms with van der Waals surface area (Å²) in [4.78, 5) is 0.319. The first-order chi connectivity index (χ1) is 14.1. The van der Waals surface area contributed by atoms with Gasteiger partial charge in [0.1, 0.15) is 5.82 Å². The molecule has 0 saturated carbocycles. The van der Waals surface area contributed by atoms with E-state index in [9.17, 15) is 8.42 Å². The van der Waals surface area contributed by atoms with Crippen molar-refractivity contribution in [2.24, 2.45) is 0 Å². The van der Waals surface area contributed by atoms with Crippen LogP contribution in [0.25, 0.3) is 11.4 Å². The lowest BCUT2D eigenvalue weighted by molar-refractivity contribution is 0.601. The molecule has 150 valence electrons. The highest BCUT2D eigenvalue weighted by Gasteiger charge is 2.20. The van der Waals surface area contributed by atoms with Gasteiger partial charge in [0.25, 0.3) is 10.0 Å². The van der Waals surface area contributed by atoms with Crippen molar-refractivity contribution in [2.75, 3.05) is 4.72 Å². The van der Waals surface area contributed by atoms with Gasteiger partial charge in [-0.25, -0.2) is 8.42 Å². The zero-order valence-electron chi connectivity index (χ0n) is 16.3. The van der Waals surface area contributed by atoms with Crippen LogP contribution < -0.4 is 4.72 Å². The smallest absolute Gasteiger partial charge is 0.261 e. The van der Waals surface area contributed by atoms with Gasteiger partial charge >= 0.3 is 0 Å². The number of aryl methyl sites for hydroxylation is 3. The standard InChI is InChI=1S/C22H24N4O2S/c27-29(28,20-12-11-16-6-4-7-17(16)15-20)25-19-9-5-8-18(14-19)22-24-23-21-10-2-1-3-13-26(21)22/h5,8-9,11-12,14-15,25H,1-4,6-7,10,13H2. The lowest BCUT2D eigenvalue weighted by Crippen LogP contribution is -2.13. The Hall–Kier alpha value is -2.67. The predicted octanol–water partition coefficient (Wildman–Crippen LogP) is 3.96. The summed E-state index contributed by atoms with van der Waals surface area (Å²) in [5.74, 6) is 1.82. The van der Waals surface area contributed by atoms with Crippen molar-refractivity contribution in [3.63, 3.8) is 0 Å². The first kappa shape index (κ1) is 18.4. The third-order valence-corrected chi connectivity index (χ3v) is 7.24. The lowest BCUT2D eigenvalue weighted by Gasteiger charge is -2.11. The van der Waals surface area contributed by atoms with Gasteiger partial charge in [-0.15, -0.1) is 10.2 Å². The summed E-state index contributed by atoms with van der Waals surface area (Å²) in [5, 5.41) is 8.73. The van der Waals surface area contributed by atoms with Gasteiger partial charge < -0.3 is 4.57 Å². The van der Waals surface area contributed by atoms with Crippen LogP contribution in [0.5, 0.6) is 0 Å². The Kier molecular flexibility index (Phi) is 4.62. The molecule has 0 atom stereocenters. The van der Waals surface area contributed by atoms with Crippen LogP contribution in [0.3, 0.4) is 0 Å². The maximum absolute atomic E-state index is 12.9. The topological polar surface area (TPSA) is 76.9 Å². The summed E-state index contributed by atoms with van der Waals surface area (Å²) in [6, 6.07) is 12.9. The van der Waals surface area contributed by atoms with Crippen LogP contribution in [-0.2, 0) is 35.8 Å². The second kappa shape index (κ2) is 7.30. The quantitative estimate of drug-likeness (QED) is 0.709. The molecule has 0 spiro atoms. The molecule has 3 aromatic rings. The Morgan fingerprint density at radius 1 is 0.862 bits per heavy atom. The van der Waals surface area contributed by atoms with E-state index in [1.54, 1.807) is 12.1 Å². The van der Waals surface area contributed by atoms with Crippen LogP contribution in [0.4, 0.5) is 5.69 Å². The van der Waals surface area contributed by atoms with Crippen LogP contribution >= 0.6 is 0 Å². The Bertz CT molecular complexity index is 1170. The van der Waals surface area contributed by atoms with Crippen molar-refractivity contribution in [1.82, 2.24) is 14.8 Å². The molecule has 2 aliphatic rings. The molecule has 0 amide bonds. The van der Waals surface area contributed by atoms with Crippen molar-refractivity contribution in [1.29, 1.82) is 0 Å². The van der Waals surface area contributed by atoms with Crippen LogP contribution in [0.15, 0.2) is 47.4 Å². The molecule has 1 aliphatic carbocycles. The number of benzene rings is 2. The fourth-order valence-electron chi connectivity index (χ4n) is 4.35. The summed E-state index contributed by atoms with van der Waals surface area (Å²) in [6.45, 7) is 0.906. The van der Waals surface area contributed by atoms with Crippen LogP contribution in [0.1, 0.15) is 42.6 Å². The van der Waals surface area contributed by atoms with Gasteiger partial charge in [0.15, 0.2) is 5.82 Å². The highest BCUT2D eigenvalue weighted by molar-refractivity contribution is 7.92. The van der Waals surface area contributed by atoms with Crippen molar-refractivity contribution in [3.8, 4) is 11.4 Å². The number of sulfonamides is 1. The van der Waals surface area contributed by atoms with Gasteiger partial charge in [0, 0.05) is 24.2 Å². The number of hydrogen-bond donors (Lipinski definition) is 1. The molecular weight excluding hydrogens is 384 g/mol. The molecule has 0 radical (unpaired) electrons. The molecule has 0 saturated heterocycles.